The lowest BCUT2D eigenvalue weighted by Crippen LogP contribution is -2.12. The average Bonchev–Trinajstić information content (AvgIpc) is 3.28. The van der Waals surface area contributed by atoms with Crippen LogP contribution in [0.2, 0.25) is 0 Å². The van der Waals surface area contributed by atoms with Crippen LogP contribution >= 0.6 is 0 Å². The van der Waals surface area contributed by atoms with E-state index in [1.807, 2.05) is 12.5 Å². The van der Waals surface area contributed by atoms with Gasteiger partial charge in [0.1, 0.15) is 0 Å². The quantitative estimate of drug-likeness (QED) is 0.259. The van der Waals surface area contributed by atoms with Crippen LogP contribution in [0, 0.1) is 0 Å². The van der Waals surface area contributed by atoms with Gasteiger partial charge >= 0.3 is 0 Å². The Morgan fingerprint density at radius 2 is 1.38 bits per heavy atom. The molecule has 1 heterocycles. The van der Waals surface area contributed by atoms with Crippen molar-refractivity contribution in [2.75, 3.05) is 0 Å². The summed E-state index contributed by atoms with van der Waals surface area (Å²) in [5.41, 5.74) is 3.05. The van der Waals surface area contributed by atoms with E-state index in [0.29, 0.717) is 12.0 Å². The normalized spacial score (nSPS) is 13.5. The lowest BCUT2D eigenvalue weighted by Gasteiger charge is -2.25. The summed E-state index contributed by atoms with van der Waals surface area (Å²) >= 11 is 0. The van der Waals surface area contributed by atoms with Gasteiger partial charge in [-0.25, -0.2) is 4.98 Å². The van der Waals surface area contributed by atoms with E-state index in [2.05, 4.69) is 60.8 Å². The van der Waals surface area contributed by atoms with Gasteiger partial charge in [0.15, 0.2) is 0 Å². The van der Waals surface area contributed by atoms with Crippen LogP contribution in [0.1, 0.15) is 127 Å². The Hall–Kier alpha value is -1.57. The minimum atomic E-state index is 0.399. The molecule has 0 fully saturated rings. The van der Waals surface area contributed by atoms with Gasteiger partial charge in [-0.3, -0.25) is 0 Å². The molecule has 0 saturated carbocycles. The molecule has 0 spiro atoms. The largest absolute Gasteiger partial charge is 0.330 e. The number of unbranched alkanes of at least 4 members (excludes halogenated alkanes) is 9. The molecule has 0 aliphatic carbocycles. The first-order valence-corrected chi connectivity index (χ1v) is 12.4. The summed E-state index contributed by atoms with van der Waals surface area (Å²) < 4.78 is 2.27. The number of benzene rings is 1. The van der Waals surface area contributed by atoms with Crippen LogP contribution in [0.4, 0.5) is 0 Å². The highest BCUT2D eigenvalue weighted by atomic mass is 15.0. The SMILES string of the molecule is CCCCCCCCCCCC[C@H](CC)c1ccccc1C(CC)n1ccnc1. The maximum atomic E-state index is 4.28. The third kappa shape index (κ3) is 7.99. The van der Waals surface area contributed by atoms with Crippen molar-refractivity contribution in [3.8, 4) is 0 Å². The Kier molecular flexibility index (Phi) is 11.8. The molecule has 0 radical (unpaired) electrons. The fourth-order valence-corrected chi connectivity index (χ4v) is 4.69. The molecule has 0 bridgehead atoms. The minimum Gasteiger partial charge on any atom is -0.330 e. The van der Waals surface area contributed by atoms with Crippen molar-refractivity contribution < 1.29 is 0 Å². The lowest BCUT2D eigenvalue weighted by molar-refractivity contribution is 0.505. The lowest BCUT2D eigenvalue weighted by atomic mass is 9.85. The molecule has 162 valence electrons. The highest BCUT2D eigenvalue weighted by Gasteiger charge is 2.19. The molecule has 0 amide bonds. The van der Waals surface area contributed by atoms with Gasteiger partial charge in [0.25, 0.3) is 0 Å². The predicted octanol–water partition coefficient (Wildman–Crippen LogP) is 8.69. The van der Waals surface area contributed by atoms with Crippen LogP contribution in [0.15, 0.2) is 43.0 Å². The van der Waals surface area contributed by atoms with Gasteiger partial charge in [-0.15, -0.1) is 0 Å². The van der Waals surface area contributed by atoms with Crippen LogP contribution in [-0.2, 0) is 0 Å². The monoisotopic (exact) mass is 396 g/mol. The highest BCUT2D eigenvalue weighted by Crippen LogP contribution is 2.34. The maximum absolute atomic E-state index is 4.28. The Morgan fingerprint density at radius 1 is 0.759 bits per heavy atom. The first-order valence-electron chi connectivity index (χ1n) is 12.4. The number of imidazole rings is 1. The second-order valence-corrected chi connectivity index (χ2v) is 8.64. The number of rotatable bonds is 16. The average molecular weight is 397 g/mol. The van der Waals surface area contributed by atoms with Crippen LogP contribution in [0.25, 0.3) is 0 Å². The molecular formula is C27H44N2. The molecule has 1 aromatic carbocycles. The third-order valence-electron chi connectivity index (χ3n) is 6.47. The Balaban J connectivity index is 1.81. The van der Waals surface area contributed by atoms with Gasteiger partial charge in [-0.1, -0.05) is 109 Å². The zero-order chi connectivity index (χ0) is 20.7. The van der Waals surface area contributed by atoms with Crippen molar-refractivity contribution in [2.24, 2.45) is 0 Å². The van der Waals surface area contributed by atoms with Gasteiger partial charge in [0.05, 0.1) is 12.4 Å². The summed E-state index contributed by atoms with van der Waals surface area (Å²) in [6, 6.07) is 9.53. The molecule has 2 aromatic rings. The smallest absolute Gasteiger partial charge is 0.0951 e. The van der Waals surface area contributed by atoms with Crippen molar-refractivity contribution in [1.82, 2.24) is 9.55 Å². The summed E-state index contributed by atoms with van der Waals surface area (Å²) in [6.07, 6.45) is 23.8. The zero-order valence-corrected chi connectivity index (χ0v) is 19.3. The van der Waals surface area contributed by atoms with E-state index in [1.54, 1.807) is 5.56 Å². The number of hydrogen-bond acceptors (Lipinski definition) is 1. The summed E-state index contributed by atoms with van der Waals surface area (Å²) in [5.74, 6) is 0.679. The molecule has 0 saturated heterocycles. The van der Waals surface area contributed by atoms with E-state index in [0.717, 1.165) is 6.42 Å². The standard InChI is InChI=1S/C27H44N2/c1-4-7-8-9-10-11-12-13-14-15-18-24(5-2)25-19-16-17-20-26(25)27(6-3)29-22-21-28-23-29/h16-17,19-24,27H,4-15,18H2,1-3H3/t24-,27?/m0/s1. The van der Waals surface area contributed by atoms with Gasteiger partial charge < -0.3 is 4.57 Å². The first-order chi connectivity index (χ1) is 14.3. The van der Waals surface area contributed by atoms with E-state index < -0.39 is 0 Å². The Labute approximate surface area is 180 Å². The van der Waals surface area contributed by atoms with E-state index in [9.17, 15) is 0 Å². The predicted molar refractivity (Wildman–Crippen MR) is 127 cm³/mol. The van der Waals surface area contributed by atoms with Gasteiger partial charge in [-0.2, -0.15) is 0 Å². The van der Waals surface area contributed by atoms with Crippen molar-refractivity contribution in [3.05, 3.63) is 54.1 Å². The Morgan fingerprint density at radius 3 is 1.93 bits per heavy atom. The molecular weight excluding hydrogens is 352 g/mol. The van der Waals surface area contributed by atoms with E-state index in [1.165, 1.54) is 82.6 Å². The van der Waals surface area contributed by atoms with Crippen LogP contribution in [0.5, 0.6) is 0 Å². The van der Waals surface area contributed by atoms with Crippen molar-refractivity contribution in [3.63, 3.8) is 0 Å². The third-order valence-corrected chi connectivity index (χ3v) is 6.47. The summed E-state index contributed by atoms with van der Waals surface area (Å²) in [4.78, 5) is 4.28. The molecule has 2 atom stereocenters. The molecule has 0 N–H and O–H groups in total. The van der Waals surface area contributed by atoms with Gasteiger partial charge in [0, 0.05) is 12.4 Å². The van der Waals surface area contributed by atoms with E-state index in [-0.39, 0.29) is 0 Å². The van der Waals surface area contributed by atoms with E-state index >= 15 is 0 Å². The fourth-order valence-electron chi connectivity index (χ4n) is 4.69. The molecule has 1 unspecified atom stereocenters. The molecule has 0 aliphatic rings. The zero-order valence-electron chi connectivity index (χ0n) is 19.3. The van der Waals surface area contributed by atoms with Crippen molar-refractivity contribution >= 4 is 0 Å². The fraction of sp³-hybridized carbons (Fsp3) is 0.667. The summed E-state index contributed by atoms with van der Waals surface area (Å²) in [6.45, 7) is 6.93. The molecule has 2 heteroatoms. The topological polar surface area (TPSA) is 17.8 Å². The van der Waals surface area contributed by atoms with Gasteiger partial charge in [0.2, 0.25) is 0 Å². The van der Waals surface area contributed by atoms with Crippen LogP contribution in [0.3, 0.4) is 0 Å². The van der Waals surface area contributed by atoms with E-state index in [4.69, 9.17) is 0 Å². The summed E-state index contributed by atoms with van der Waals surface area (Å²) in [7, 11) is 0. The summed E-state index contributed by atoms with van der Waals surface area (Å²) in [5, 5.41) is 0. The Bertz CT molecular complexity index is 632. The second-order valence-electron chi connectivity index (χ2n) is 8.64. The first kappa shape index (κ1) is 23.7. The van der Waals surface area contributed by atoms with Crippen LogP contribution in [-0.4, -0.2) is 9.55 Å². The van der Waals surface area contributed by atoms with Crippen LogP contribution < -0.4 is 0 Å². The van der Waals surface area contributed by atoms with Crippen molar-refractivity contribution in [1.29, 1.82) is 0 Å². The number of hydrogen-bond donors (Lipinski definition) is 0. The number of aromatic nitrogens is 2. The molecule has 1 aromatic heterocycles. The molecule has 29 heavy (non-hydrogen) atoms. The maximum Gasteiger partial charge on any atom is 0.0951 e. The highest BCUT2D eigenvalue weighted by molar-refractivity contribution is 5.33. The molecule has 0 aliphatic heterocycles. The number of nitrogens with zero attached hydrogens (tertiary/aromatic N) is 2. The second kappa shape index (κ2) is 14.4. The minimum absolute atomic E-state index is 0.399. The molecule has 2 nitrogen and oxygen atoms in total. The van der Waals surface area contributed by atoms with Gasteiger partial charge in [-0.05, 0) is 36.3 Å². The van der Waals surface area contributed by atoms with Crippen molar-refractivity contribution in [2.45, 2.75) is 116 Å². The molecule has 2 rings (SSSR count).